The average Bonchev–Trinajstić information content (AvgIpc) is 2.83. The molecule has 1 spiro atoms. The third-order valence-corrected chi connectivity index (χ3v) is 6.26. The fraction of sp³-hybridized carbons (Fsp3) is 1.00. The molecule has 2 aliphatic rings. The van der Waals surface area contributed by atoms with Crippen LogP contribution >= 0.6 is 11.8 Å². The predicted octanol–water partition coefficient (Wildman–Crippen LogP) is 3.37. The molecule has 2 fully saturated rings. The van der Waals surface area contributed by atoms with Crippen LogP contribution in [0.1, 0.15) is 52.9 Å². The Morgan fingerprint density at radius 2 is 1.95 bits per heavy atom. The van der Waals surface area contributed by atoms with Crippen molar-refractivity contribution in [3.05, 3.63) is 0 Å². The van der Waals surface area contributed by atoms with Gasteiger partial charge < -0.3 is 5.32 Å². The molecule has 2 nitrogen and oxygen atoms in total. The highest BCUT2D eigenvalue weighted by Gasteiger charge is 2.41. The van der Waals surface area contributed by atoms with E-state index in [1.54, 1.807) is 0 Å². The van der Waals surface area contributed by atoms with Gasteiger partial charge in [-0.05, 0) is 38.0 Å². The molecule has 3 heteroatoms. The van der Waals surface area contributed by atoms with Gasteiger partial charge in [-0.25, -0.2) is 0 Å². The molecule has 2 unspecified atom stereocenters. The molecule has 19 heavy (non-hydrogen) atoms. The lowest BCUT2D eigenvalue weighted by Gasteiger charge is -2.48. The maximum atomic E-state index is 3.91. The first kappa shape index (κ1) is 15.7. The molecule has 112 valence electrons. The van der Waals surface area contributed by atoms with E-state index in [0.717, 1.165) is 17.2 Å². The van der Waals surface area contributed by atoms with Gasteiger partial charge in [0.05, 0.1) is 0 Å². The van der Waals surface area contributed by atoms with Gasteiger partial charge in [0, 0.05) is 29.9 Å². The Bertz CT molecular complexity index is 274. The standard InChI is InChI=1S/C16H32N2S/c1-13(2)15-11-17-16(8-5-6-9-16)12-18(15)10-7-14(3)19-4/h13-15,17H,5-12H2,1-4H3. The Hall–Kier alpha value is 0.270. The number of thioether (sulfide) groups is 1. The predicted molar refractivity (Wildman–Crippen MR) is 87.0 cm³/mol. The monoisotopic (exact) mass is 284 g/mol. The Balaban J connectivity index is 1.96. The van der Waals surface area contributed by atoms with Crippen molar-refractivity contribution >= 4 is 11.8 Å². The smallest absolute Gasteiger partial charge is 0.0309 e. The summed E-state index contributed by atoms with van der Waals surface area (Å²) in [6.07, 6.45) is 9.21. The van der Waals surface area contributed by atoms with E-state index in [1.165, 1.54) is 51.7 Å². The number of hydrogen-bond acceptors (Lipinski definition) is 3. The SMILES string of the molecule is CSC(C)CCN1CC2(CCCC2)NCC1C(C)C. The van der Waals surface area contributed by atoms with E-state index in [1.807, 2.05) is 11.8 Å². The van der Waals surface area contributed by atoms with Crippen molar-refractivity contribution < 1.29 is 0 Å². The van der Waals surface area contributed by atoms with Gasteiger partial charge in [0.2, 0.25) is 0 Å². The van der Waals surface area contributed by atoms with Gasteiger partial charge in [-0.1, -0.05) is 33.6 Å². The van der Waals surface area contributed by atoms with Crippen LogP contribution in [-0.2, 0) is 0 Å². The van der Waals surface area contributed by atoms with Gasteiger partial charge in [0.1, 0.15) is 0 Å². The molecular weight excluding hydrogens is 252 g/mol. The van der Waals surface area contributed by atoms with Gasteiger partial charge in [0.25, 0.3) is 0 Å². The van der Waals surface area contributed by atoms with Crippen molar-refractivity contribution in [2.45, 2.75) is 69.7 Å². The van der Waals surface area contributed by atoms with E-state index in [4.69, 9.17) is 0 Å². The van der Waals surface area contributed by atoms with Crippen LogP contribution in [0.4, 0.5) is 0 Å². The highest BCUT2D eigenvalue weighted by Crippen LogP contribution is 2.34. The van der Waals surface area contributed by atoms with E-state index in [0.29, 0.717) is 5.54 Å². The van der Waals surface area contributed by atoms with E-state index in [9.17, 15) is 0 Å². The first-order chi connectivity index (χ1) is 9.06. The maximum Gasteiger partial charge on any atom is 0.0309 e. The largest absolute Gasteiger partial charge is 0.308 e. The summed E-state index contributed by atoms with van der Waals surface area (Å²) < 4.78 is 0. The minimum absolute atomic E-state index is 0.466. The molecule has 1 N–H and O–H groups in total. The highest BCUT2D eigenvalue weighted by molar-refractivity contribution is 7.99. The molecule has 1 aliphatic carbocycles. The van der Waals surface area contributed by atoms with Crippen molar-refractivity contribution in [1.29, 1.82) is 0 Å². The van der Waals surface area contributed by atoms with Crippen LogP contribution in [0.2, 0.25) is 0 Å². The van der Waals surface area contributed by atoms with Crippen LogP contribution in [0.25, 0.3) is 0 Å². The summed E-state index contributed by atoms with van der Waals surface area (Å²) in [5.74, 6) is 0.760. The molecule has 0 amide bonds. The minimum atomic E-state index is 0.466. The molecule has 1 aliphatic heterocycles. The van der Waals surface area contributed by atoms with Crippen LogP contribution in [0.15, 0.2) is 0 Å². The lowest BCUT2D eigenvalue weighted by molar-refractivity contribution is 0.0563. The summed E-state index contributed by atoms with van der Waals surface area (Å²) in [7, 11) is 0. The number of rotatable bonds is 5. The van der Waals surface area contributed by atoms with Crippen LogP contribution in [-0.4, -0.2) is 47.6 Å². The van der Waals surface area contributed by atoms with E-state index in [2.05, 4.69) is 37.2 Å². The summed E-state index contributed by atoms with van der Waals surface area (Å²) in [4.78, 5) is 2.80. The molecule has 0 aromatic rings. The molecule has 0 aromatic carbocycles. The summed E-state index contributed by atoms with van der Waals surface area (Å²) in [5, 5.41) is 4.70. The number of nitrogens with zero attached hydrogens (tertiary/aromatic N) is 1. The fourth-order valence-electron chi connectivity index (χ4n) is 3.77. The topological polar surface area (TPSA) is 15.3 Å². The zero-order valence-electron chi connectivity index (χ0n) is 13.2. The molecule has 2 rings (SSSR count). The van der Waals surface area contributed by atoms with Gasteiger partial charge >= 0.3 is 0 Å². The van der Waals surface area contributed by atoms with Crippen LogP contribution < -0.4 is 5.32 Å². The van der Waals surface area contributed by atoms with E-state index in [-0.39, 0.29) is 0 Å². The summed E-state index contributed by atoms with van der Waals surface area (Å²) in [6.45, 7) is 10.9. The highest BCUT2D eigenvalue weighted by atomic mass is 32.2. The second-order valence-electron chi connectivity index (χ2n) is 6.99. The van der Waals surface area contributed by atoms with Crippen LogP contribution in [0, 0.1) is 5.92 Å². The molecule has 1 heterocycles. The zero-order valence-corrected chi connectivity index (χ0v) is 14.1. The average molecular weight is 285 g/mol. The van der Waals surface area contributed by atoms with Crippen molar-refractivity contribution in [3.8, 4) is 0 Å². The van der Waals surface area contributed by atoms with Crippen molar-refractivity contribution in [1.82, 2.24) is 10.2 Å². The first-order valence-corrected chi connectivity index (χ1v) is 9.37. The van der Waals surface area contributed by atoms with Gasteiger partial charge in [0.15, 0.2) is 0 Å². The van der Waals surface area contributed by atoms with Crippen LogP contribution in [0.3, 0.4) is 0 Å². The Morgan fingerprint density at radius 3 is 2.53 bits per heavy atom. The Kier molecular flexibility index (Phi) is 5.62. The minimum Gasteiger partial charge on any atom is -0.308 e. The quantitative estimate of drug-likeness (QED) is 0.833. The van der Waals surface area contributed by atoms with Crippen LogP contribution in [0.5, 0.6) is 0 Å². The second kappa shape index (κ2) is 6.82. The first-order valence-electron chi connectivity index (χ1n) is 8.08. The molecule has 0 radical (unpaired) electrons. The lowest BCUT2D eigenvalue weighted by Crippen LogP contribution is -2.64. The van der Waals surface area contributed by atoms with Gasteiger partial charge in [-0.3, -0.25) is 4.90 Å². The van der Waals surface area contributed by atoms with Crippen molar-refractivity contribution in [2.24, 2.45) is 5.92 Å². The van der Waals surface area contributed by atoms with Gasteiger partial charge in [-0.2, -0.15) is 11.8 Å². The summed E-state index contributed by atoms with van der Waals surface area (Å²) in [6, 6.07) is 0.736. The molecule has 0 bridgehead atoms. The van der Waals surface area contributed by atoms with Crippen molar-refractivity contribution in [2.75, 3.05) is 25.9 Å². The molecule has 0 aromatic heterocycles. The third-order valence-electron chi connectivity index (χ3n) is 5.22. The second-order valence-corrected chi connectivity index (χ2v) is 8.26. The number of hydrogen-bond donors (Lipinski definition) is 1. The number of nitrogens with one attached hydrogen (secondary N) is 1. The Morgan fingerprint density at radius 1 is 1.26 bits per heavy atom. The summed E-state index contributed by atoms with van der Waals surface area (Å²) in [5.41, 5.74) is 0.466. The Labute approximate surface area is 124 Å². The normalized spacial score (nSPS) is 29.2. The fourth-order valence-corrected chi connectivity index (χ4v) is 4.11. The van der Waals surface area contributed by atoms with Gasteiger partial charge in [-0.15, -0.1) is 0 Å². The third kappa shape index (κ3) is 3.89. The number of piperazine rings is 1. The molecule has 2 atom stereocenters. The molecular formula is C16H32N2S. The van der Waals surface area contributed by atoms with E-state index >= 15 is 0 Å². The van der Waals surface area contributed by atoms with E-state index < -0.39 is 0 Å². The summed E-state index contributed by atoms with van der Waals surface area (Å²) >= 11 is 2.00. The lowest BCUT2D eigenvalue weighted by atomic mass is 9.89. The zero-order chi connectivity index (χ0) is 13.9. The maximum absolute atomic E-state index is 3.91. The molecule has 1 saturated carbocycles. The molecule has 1 saturated heterocycles. The van der Waals surface area contributed by atoms with Crippen molar-refractivity contribution in [3.63, 3.8) is 0 Å².